The van der Waals surface area contributed by atoms with E-state index in [-0.39, 0.29) is 0 Å². The van der Waals surface area contributed by atoms with Crippen LogP contribution in [0.2, 0.25) is 0 Å². The lowest BCUT2D eigenvalue weighted by Gasteiger charge is -2.12. The van der Waals surface area contributed by atoms with Gasteiger partial charge in [0.25, 0.3) is 0 Å². The summed E-state index contributed by atoms with van der Waals surface area (Å²) in [6, 6.07) is 16.8. The molecule has 2 aromatic carbocycles. The number of fused-ring (bicyclic) bond motifs is 1. The van der Waals surface area contributed by atoms with Gasteiger partial charge in [-0.3, -0.25) is 4.98 Å². The fraction of sp³-hybridized carbons (Fsp3) is 0.217. The highest BCUT2D eigenvalue weighted by molar-refractivity contribution is 7.98. The number of imidazole rings is 1. The average molecular weight is 390 g/mol. The standard InChI is InChI=1S/C23H23N3OS/c1-16-7-8-17(2)19(11-16)14-26-22-13-24-10-9-21(22)25-23(26)28-15-18-5-4-6-20(12-18)27-3/h4-13H,14-15H2,1-3H3. The molecular formula is C23H23N3OS. The van der Waals surface area contributed by atoms with Crippen molar-refractivity contribution in [1.82, 2.24) is 14.5 Å². The van der Waals surface area contributed by atoms with Crippen LogP contribution < -0.4 is 4.74 Å². The van der Waals surface area contributed by atoms with Gasteiger partial charge in [-0.1, -0.05) is 47.7 Å². The molecule has 4 rings (SSSR count). The van der Waals surface area contributed by atoms with E-state index in [0.29, 0.717) is 0 Å². The Labute approximate surface area is 169 Å². The van der Waals surface area contributed by atoms with Gasteiger partial charge in [-0.05, 0) is 48.7 Å². The van der Waals surface area contributed by atoms with Gasteiger partial charge in [0.05, 0.1) is 30.9 Å². The second kappa shape index (κ2) is 8.07. The highest BCUT2D eigenvalue weighted by atomic mass is 32.2. The molecule has 0 N–H and O–H groups in total. The number of aryl methyl sites for hydroxylation is 2. The lowest BCUT2D eigenvalue weighted by molar-refractivity contribution is 0.414. The van der Waals surface area contributed by atoms with Crippen LogP contribution in [-0.4, -0.2) is 21.6 Å². The van der Waals surface area contributed by atoms with Gasteiger partial charge < -0.3 is 9.30 Å². The van der Waals surface area contributed by atoms with Crippen LogP contribution in [0.4, 0.5) is 0 Å². The maximum Gasteiger partial charge on any atom is 0.169 e. The van der Waals surface area contributed by atoms with Crippen LogP contribution >= 0.6 is 11.8 Å². The van der Waals surface area contributed by atoms with E-state index < -0.39 is 0 Å². The van der Waals surface area contributed by atoms with E-state index in [2.05, 4.69) is 53.7 Å². The number of nitrogens with zero attached hydrogens (tertiary/aromatic N) is 3. The molecule has 0 atom stereocenters. The molecule has 2 aromatic heterocycles. The summed E-state index contributed by atoms with van der Waals surface area (Å²) in [7, 11) is 1.70. The third-order valence-electron chi connectivity index (χ3n) is 4.85. The maximum atomic E-state index is 5.34. The van der Waals surface area contributed by atoms with E-state index >= 15 is 0 Å². The minimum Gasteiger partial charge on any atom is -0.497 e. The summed E-state index contributed by atoms with van der Waals surface area (Å²) in [6.45, 7) is 5.08. The zero-order valence-electron chi connectivity index (χ0n) is 16.3. The molecule has 0 aliphatic rings. The fourth-order valence-electron chi connectivity index (χ4n) is 3.26. The van der Waals surface area contributed by atoms with Gasteiger partial charge in [-0.15, -0.1) is 0 Å². The molecule has 0 unspecified atom stereocenters. The van der Waals surface area contributed by atoms with Crippen molar-refractivity contribution in [1.29, 1.82) is 0 Å². The molecule has 0 aliphatic heterocycles. The van der Waals surface area contributed by atoms with Crippen molar-refractivity contribution >= 4 is 22.8 Å². The number of rotatable bonds is 6. The highest BCUT2D eigenvalue weighted by Gasteiger charge is 2.13. The molecule has 4 nitrogen and oxygen atoms in total. The quantitative estimate of drug-likeness (QED) is 0.414. The van der Waals surface area contributed by atoms with Crippen molar-refractivity contribution in [3.63, 3.8) is 0 Å². The number of thioether (sulfide) groups is 1. The molecule has 0 aliphatic carbocycles. The van der Waals surface area contributed by atoms with Crippen molar-refractivity contribution in [3.05, 3.63) is 83.2 Å². The zero-order valence-corrected chi connectivity index (χ0v) is 17.2. The third kappa shape index (κ3) is 3.90. The number of benzene rings is 2. The minimum atomic E-state index is 0.788. The van der Waals surface area contributed by atoms with Crippen LogP contribution in [0.1, 0.15) is 22.3 Å². The first kappa shape index (κ1) is 18.6. The number of pyridine rings is 1. The molecule has 0 spiro atoms. The molecule has 0 saturated carbocycles. The monoisotopic (exact) mass is 389 g/mol. The first-order chi connectivity index (χ1) is 13.6. The van der Waals surface area contributed by atoms with Crippen LogP contribution in [0.25, 0.3) is 11.0 Å². The van der Waals surface area contributed by atoms with Crippen molar-refractivity contribution in [2.75, 3.05) is 7.11 Å². The van der Waals surface area contributed by atoms with E-state index in [1.807, 2.05) is 24.4 Å². The Morgan fingerprint density at radius 2 is 1.96 bits per heavy atom. The molecule has 0 fully saturated rings. The largest absolute Gasteiger partial charge is 0.497 e. The summed E-state index contributed by atoms with van der Waals surface area (Å²) in [6.07, 6.45) is 3.71. The van der Waals surface area contributed by atoms with Gasteiger partial charge in [0.1, 0.15) is 5.75 Å². The number of hydrogen-bond acceptors (Lipinski definition) is 4. The summed E-state index contributed by atoms with van der Waals surface area (Å²) in [5.41, 5.74) is 7.14. The Balaban J connectivity index is 1.67. The lowest BCUT2D eigenvalue weighted by atomic mass is 10.1. The topological polar surface area (TPSA) is 39.9 Å². The van der Waals surface area contributed by atoms with E-state index in [1.54, 1.807) is 25.1 Å². The van der Waals surface area contributed by atoms with E-state index in [4.69, 9.17) is 9.72 Å². The van der Waals surface area contributed by atoms with Gasteiger partial charge in [0, 0.05) is 11.9 Å². The van der Waals surface area contributed by atoms with Crippen molar-refractivity contribution < 1.29 is 4.74 Å². The van der Waals surface area contributed by atoms with Crippen molar-refractivity contribution in [2.45, 2.75) is 31.3 Å². The normalized spacial score (nSPS) is 11.1. The SMILES string of the molecule is COc1cccc(CSc2nc3ccncc3n2Cc2cc(C)ccc2C)c1. The summed E-state index contributed by atoms with van der Waals surface area (Å²) in [5.74, 6) is 1.71. The molecule has 28 heavy (non-hydrogen) atoms. The predicted molar refractivity (Wildman–Crippen MR) is 115 cm³/mol. The Morgan fingerprint density at radius 1 is 1.07 bits per heavy atom. The minimum absolute atomic E-state index is 0.788. The van der Waals surface area contributed by atoms with Crippen molar-refractivity contribution in [2.24, 2.45) is 0 Å². The molecule has 0 bridgehead atoms. The second-order valence-corrected chi connectivity index (χ2v) is 7.86. The zero-order chi connectivity index (χ0) is 19.5. The molecule has 142 valence electrons. The van der Waals surface area contributed by atoms with Crippen LogP contribution in [0.15, 0.2) is 66.1 Å². The van der Waals surface area contributed by atoms with Gasteiger partial charge in [-0.2, -0.15) is 0 Å². The third-order valence-corrected chi connectivity index (χ3v) is 5.90. The first-order valence-electron chi connectivity index (χ1n) is 9.26. The molecule has 2 heterocycles. The second-order valence-electron chi connectivity index (χ2n) is 6.92. The van der Waals surface area contributed by atoms with Crippen LogP contribution in [-0.2, 0) is 12.3 Å². The Kier molecular flexibility index (Phi) is 5.35. The van der Waals surface area contributed by atoms with Crippen LogP contribution in [0, 0.1) is 13.8 Å². The number of aromatic nitrogens is 3. The van der Waals surface area contributed by atoms with Gasteiger partial charge >= 0.3 is 0 Å². The number of hydrogen-bond donors (Lipinski definition) is 0. The van der Waals surface area contributed by atoms with E-state index in [9.17, 15) is 0 Å². The molecular weight excluding hydrogens is 366 g/mol. The maximum absolute atomic E-state index is 5.34. The Hall–Kier alpha value is -2.79. The molecule has 0 amide bonds. The number of methoxy groups -OCH3 is 1. The van der Waals surface area contributed by atoms with Crippen LogP contribution in [0.5, 0.6) is 5.75 Å². The molecule has 0 saturated heterocycles. The van der Waals surface area contributed by atoms with Crippen LogP contribution in [0.3, 0.4) is 0 Å². The van der Waals surface area contributed by atoms with Gasteiger partial charge in [0.15, 0.2) is 5.16 Å². The molecule has 0 radical (unpaired) electrons. The Morgan fingerprint density at radius 3 is 2.82 bits per heavy atom. The van der Waals surface area contributed by atoms with E-state index in [1.165, 1.54) is 22.3 Å². The smallest absolute Gasteiger partial charge is 0.169 e. The van der Waals surface area contributed by atoms with Crippen molar-refractivity contribution in [3.8, 4) is 5.75 Å². The van der Waals surface area contributed by atoms with Gasteiger partial charge in [0.2, 0.25) is 0 Å². The van der Waals surface area contributed by atoms with Gasteiger partial charge in [-0.25, -0.2) is 4.98 Å². The average Bonchev–Trinajstić information content (AvgIpc) is 3.07. The van der Waals surface area contributed by atoms with E-state index in [0.717, 1.165) is 34.2 Å². The summed E-state index contributed by atoms with van der Waals surface area (Å²) < 4.78 is 7.62. The lowest BCUT2D eigenvalue weighted by Crippen LogP contribution is -2.04. The highest BCUT2D eigenvalue weighted by Crippen LogP contribution is 2.29. The predicted octanol–water partition coefficient (Wildman–Crippen LogP) is 5.40. The molecule has 4 aromatic rings. The Bertz CT molecular complexity index is 1120. The fourth-order valence-corrected chi connectivity index (χ4v) is 4.22. The summed E-state index contributed by atoms with van der Waals surface area (Å²) in [5, 5.41) is 1.01. The summed E-state index contributed by atoms with van der Waals surface area (Å²) >= 11 is 1.74. The number of ether oxygens (including phenoxy) is 1. The summed E-state index contributed by atoms with van der Waals surface area (Å²) in [4.78, 5) is 9.20. The first-order valence-corrected chi connectivity index (χ1v) is 10.2. The molecule has 5 heteroatoms.